The highest BCUT2D eigenvalue weighted by Crippen LogP contribution is 2.41. The van der Waals surface area contributed by atoms with Gasteiger partial charge in [0.05, 0.1) is 18.8 Å². The minimum absolute atomic E-state index is 0.0658. The van der Waals surface area contributed by atoms with Crippen molar-refractivity contribution >= 4 is 11.8 Å². The van der Waals surface area contributed by atoms with Crippen LogP contribution in [0.4, 0.5) is 4.39 Å². The van der Waals surface area contributed by atoms with Crippen LogP contribution in [-0.2, 0) is 24.4 Å². The van der Waals surface area contributed by atoms with Gasteiger partial charge in [0.25, 0.3) is 5.91 Å². The molecular weight excluding hydrogens is 499 g/mol. The number of ether oxygens (including phenoxy) is 1. The predicted molar refractivity (Wildman–Crippen MR) is 140 cm³/mol. The predicted octanol–water partition coefficient (Wildman–Crippen LogP) is 5.75. The molecule has 7 nitrogen and oxygen atoms in total. The van der Waals surface area contributed by atoms with E-state index in [0.29, 0.717) is 30.4 Å². The zero-order chi connectivity index (χ0) is 26.9. The molecule has 1 fully saturated rings. The Labute approximate surface area is 225 Å². The van der Waals surface area contributed by atoms with Gasteiger partial charge in [0.15, 0.2) is 5.76 Å². The summed E-state index contributed by atoms with van der Waals surface area (Å²) in [6, 6.07) is 18.9. The third-order valence-corrected chi connectivity index (χ3v) is 7.29. The van der Waals surface area contributed by atoms with E-state index in [0.717, 1.165) is 36.0 Å². The molecule has 1 aliphatic heterocycles. The van der Waals surface area contributed by atoms with Crippen LogP contribution in [0.15, 0.2) is 81.8 Å². The Hall–Kier alpha value is -4.33. The van der Waals surface area contributed by atoms with Crippen LogP contribution >= 0.6 is 0 Å². The fourth-order valence-electron chi connectivity index (χ4n) is 5.14. The Balaban J connectivity index is 1.19. The van der Waals surface area contributed by atoms with Crippen molar-refractivity contribution in [1.82, 2.24) is 9.80 Å². The van der Waals surface area contributed by atoms with Crippen LogP contribution in [0.25, 0.3) is 0 Å². The molecule has 0 radical (unpaired) electrons. The highest BCUT2D eigenvalue weighted by atomic mass is 19.1. The average molecular weight is 529 g/mol. The second-order valence-corrected chi connectivity index (χ2v) is 10.2. The first-order valence-electron chi connectivity index (χ1n) is 13.1. The third-order valence-electron chi connectivity index (χ3n) is 7.29. The summed E-state index contributed by atoms with van der Waals surface area (Å²) in [5.41, 5.74) is 2.80. The largest absolute Gasteiger partial charge is 0.486 e. The van der Waals surface area contributed by atoms with E-state index in [2.05, 4.69) is 0 Å². The lowest BCUT2D eigenvalue weighted by molar-refractivity contribution is -0.134. The van der Waals surface area contributed by atoms with E-state index >= 15 is 0 Å². The molecule has 1 atom stereocenters. The lowest BCUT2D eigenvalue weighted by Gasteiger charge is -2.38. The van der Waals surface area contributed by atoms with Crippen LogP contribution in [0.2, 0.25) is 0 Å². The Morgan fingerprint density at radius 3 is 2.69 bits per heavy atom. The van der Waals surface area contributed by atoms with Crippen molar-refractivity contribution in [2.45, 2.75) is 38.5 Å². The molecule has 2 aromatic heterocycles. The number of nitrogens with zero attached hydrogens (tertiary/aromatic N) is 2. The SMILES string of the molecule is CN(Cc1ccco1)C(=O)c1ccc(COc2ccc3c(c2)[C@@H](c2cccc(F)c2)N(C(=O)C2CC2)CC3)o1. The smallest absolute Gasteiger partial charge is 0.289 e. The number of hydrogen-bond donors (Lipinski definition) is 0. The molecule has 0 saturated heterocycles. The topological polar surface area (TPSA) is 76.1 Å². The van der Waals surface area contributed by atoms with Gasteiger partial charge in [-0.05, 0) is 84.5 Å². The van der Waals surface area contributed by atoms with Gasteiger partial charge >= 0.3 is 0 Å². The minimum atomic E-state index is -0.376. The summed E-state index contributed by atoms with van der Waals surface area (Å²) in [5.74, 6) is 1.62. The van der Waals surface area contributed by atoms with E-state index in [9.17, 15) is 14.0 Å². The molecule has 0 spiro atoms. The highest BCUT2D eigenvalue weighted by Gasteiger charge is 2.39. The molecule has 39 heavy (non-hydrogen) atoms. The first kappa shape index (κ1) is 25.0. The van der Waals surface area contributed by atoms with Gasteiger partial charge in [-0.3, -0.25) is 9.59 Å². The van der Waals surface area contributed by atoms with Gasteiger partial charge < -0.3 is 23.4 Å². The minimum Gasteiger partial charge on any atom is -0.486 e. The van der Waals surface area contributed by atoms with E-state index in [1.54, 1.807) is 37.6 Å². The van der Waals surface area contributed by atoms with Crippen LogP contribution in [-0.4, -0.2) is 35.2 Å². The summed E-state index contributed by atoms with van der Waals surface area (Å²) in [5, 5.41) is 0. The Morgan fingerprint density at radius 2 is 1.92 bits per heavy atom. The molecule has 8 heteroatoms. The van der Waals surface area contributed by atoms with Gasteiger partial charge in [-0.2, -0.15) is 0 Å². The number of benzene rings is 2. The fourth-order valence-corrected chi connectivity index (χ4v) is 5.14. The number of amides is 2. The fraction of sp³-hybridized carbons (Fsp3) is 0.290. The molecule has 1 saturated carbocycles. The molecule has 2 amide bonds. The van der Waals surface area contributed by atoms with Crippen molar-refractivity contribution < 1.29 is 27.6 Å². The second-order valence-electron chi connectivity index (χ2n) is 10.2. The summed E-state index contributed by atoms with van der Waals surface area (Å²) in [6.07, 6.45) is 4.12. The van der Waals surface area contributed by atoms with E-state index < -0.39 is 0 Å². The zero-order valence-electron chi connectivity index (χ0n) is 21.6. The maximum absolute atomic E-state index is 14.2. The van der Waals surface area contributed by atoms with Crippen molar-refractivity contribution in [3.63, 3.8) is 0 Å². The first-order valence-corrected chi connectivity index (χ1v) is 13.1. The first-order chi connectivity index (χ1) is 19.0. The molecule has 0 N–H and O–H groups in total. The van der Waals surface area contributed by atoms with Gasteiger partial charge in [-0.25, -0.2) is 4.39 Å². The monoisotopic (exact) mass is 528 g/mol. The average Bonchev–Trinajstić information content (AvgIpc) is 3.46. The van der Waals surface area contributed by atoms with Crippen molar-refractivity contribution in [3.8, 4) is 5.75 Å². The third kappa shape index (κ3) is 5.32. The lowest BCUT2D eigenvalue weighted by atomic mass is 9.87. The van der Waals surface area contributed by atoms with Crippen LogP contribution < -0.4 is 4.74 Å². The van der Waals surface area contributed by atoms with Crippen LogP contribution in [0, 0.1) is 11.7 Å². The summed E-state index contributed by atoms with van der Waals surface area (Å²) in [6.45, 7) is 1.06. The molecule has 200 valence electrons. The number of hydrogen-bond acceptors (Lipinski definition) is 5. The van der Waals surface area contributed by atoms with Crippen molar-refractivity contribution in [3.05, 3.63) is 113 Å². The van der Waals surface area contributed by atoms with Crippen LogP contribution in [0.1, 0.15) is 57.6 Å². The second kappa shape index (κ2) is 10.4. The number of carbonyl (C=O) groups excluding carboxylic acids is 2. The molecule has 3 heterocycles. The maximum Gasteiger partial charge on any atom is 0.289 e. The molecular formula is C31H29FN2O5. The normalized spacial score (nSPS) is 16.6. The summed E-state index contributed by atoms with van der Waals surface area (Å²) >= 11 is 0. The Morgan fingerprint density at radius 1 is 1.05 bits per heavy atom. The molecule has 2 aromatic carbocycles. The van der Waals surface area contributed by atoms with Crippen molar-refractivity contribution in [2.75, 3.05) is 13.6 Å². The van der Waals surface area contributed by atoms with E-state index in [4.69, 9.17) is 13.6 Å². The Kier molecular flexibility index (Phi) is 6.69. The summed E-state index contributed by atoms with van der Waals surface area (Å²) in [7, 11) is 1.68. The zero-order valence-corrected chi connectivity index (χ0v) is 21.6. The number of fused-ring (bicyclic) bond motifs is 1. The van der Waals surface area contributed by atoms with Crippen molar-refractivity contribution in [1.29, 1.82) is 0 Å². The molecule has 6 rings (SSSR count). The summed E-state index contributed by atoms with van der Waals surface area (Å²) in [4.78, 5) is 29.3. The van der Waals surface area contributed by atoms with E-state index in [1.165, 1.54) is 17.0 Å². The van der Waals surface area contributed by atoms with Gasteiger partial charge in [0.1, 0.15) is 29.7 Å². The number of rotatable bonds is 8. The maximum atomic E-state index is 14.2. The highest BCUT2D eigenvalue weighted by molar-refractivity contribution is 5.91. The van der Waals surface area contributed by atoms with E-state index in [1.807, 2.05) is 35.2 Å². The number of furan rings is 2. The van der Waals surface area contributed by atoms with Crippen LogP contribution in [0.5, 0.6) is 5.75 Å². The van der Waals surface area contributed by atoms with Gasteiger partial charge in [-0.1, -0.05) is 18.2 Å². The van der Waals surface area contributed by atoms with Crippen molar-refractivity contribution in [2.24, 2.45) is 5.92 Å². The molecule has 4 aromatic rings. The Bertz CT molecular complexity index is 1490. The quantitative estimate of drug-likeness (QED) is 0.291. The van der Waals surface area contributed by atoms with Gasteiger partial charge in [0.2, 0.25) is 5.91 Å². The number of halogens is 1. The number of carbonyl (C=O) groups is 2. The van der Waals surface area contributed by atoms with Gasteiger partial charge in [0, 0.05) is 19.5 Å². The molecule has 0 unspecified atom stereocenters. The van der Waals surface area contributed by atoms with Gasteiger partial charge in [-0.15, -0.1) is 0 Å². The standard InChI is InChI=1S/C31H29FN2O5/c1-33(18-25-6-3-15-37-25)31(36)28-12-11-26(39-28)19-38-24-10-9-20-13-14-34(30(35)21-7-8-21)29(27(20)17-24)22-4-2-5-23(32)16-22/h2-6,9-12,15-17,21,29H,7-8,13-14,18-19H2,1H3/t29-/m1/s1. The lowest BCUT2D eigenvalue weighted by Crippen LogP contribution is -2.41. The van der Waals surface area contributed by atoms with Crippen LogP contribution in [0.3, 0.4) is 0 Å². The summed E-state index contributed by atoms with van der Waals surface area (Å²) < 4.78 is 31.3. The molecule has 1 aliphatic carbocycles. The van der Waals surface area contributed by atoms with E-state index in [-0.39, 0.29) is 42.0 Å². The molecule has 0 bridgehead atoms. The molecule has 2 aliphatic rings.